The molecule has 6 heteroatoms. The van der Waals surface area contributed by atoms with E-state index in [1.165, 1.54) is 21.0 Å². The lowest BCUT2D eigenvalue weighted by molar-refractivity contribution is -0.154. The third-order valence-electron chi connectivity index (χ3n) is 3.08. The highest BCUT2D eigenvalue weighted by Gasteiger charge is 2.37. The van der Waals surface area contributed by atoms with E-state index in [-0.39, 0.29) is 17.6 Å². The first-order valence-corrected chi connectivity index (χ1v) is 7.45. The van der Waals surface area contributed by atoms with Crippen LogP contribution in [0.3, 0.4) is 0 Å². The second-order valence-electron chi connectivity index (χ2n) is 4.93. The predicted molar refractivity (Wildman–Crippen MR) is 67.7 cm³/mol. The summed E-state index contributed by atoms with van der Waals surface area (Å²) in [5, 5.41) is 0. The summed E-state index contributed by atoms with van der Waals surface area (Å²) in [5.41, 5.74) is -1.24. The second-order valence-corrected chi connectivity index (χ2v) is 6.43. The zero-order chi connectivity index (χ0) is 13.8. The number of rotatable bonds is 6. The standard InChI is InChI=1S/C12H20O5S/c1-12(2,11(14)16-3)10(13)8-18(15)7-9-5-4-6-17-9/h9H,4-8H2,1-3H3. The SMILES string of the molecule is COC(=O)C(C)(C)C(=O)CS(=O)CC1CCCO1. The van der Waals surface area contributed by atoms with Crippen LogP contribution in [0.15, 0.2) is 0 Å². The van der Waals surface area contributed by atoms with Crippen LogP contribution in [0.2, 0.25) is 0 Å². The molecule has 2 atom stereocenters. The normalized spacial score (nSPS) is 21.6. The number of Topliss-reactive ketones (excluding diaryl/α,β-unsaturated/α-hetero) is 1. The Hall–Kier alpha value is -0.750. The fraction of sp³-hybridized carbons (Fsp3) is 0.833. The van der Waals surface area contributed by atoms with E-state index < -0.39 is 22.2 Å². The lowest BCUT2D eigenvalue weighted by Crippen LogP contribution is -2.38. The molecule has 1 heterocycles. The van der Waals surface area contributed by atoms with Crippen molar-refractivity contribution in [1.29, 1.82) is 0 Å². The lowest BCUT2D eigenvalue weighted by atomic mass is 9.89. The van der Waals surface area contributed by atoms with Crippen molar-refractivity contribution in [2.24, 2.45) is 5.41 Å². The molecule has 104 valence electrons. The van der Waals surface area contributed by atoms with Gasteiger partial charge in [-0.2, -0.15) is 0 Å². The summed E-state index contributed by atoms with van der Waals surface area (Å²) in [5.74, 6) is -0.711. The lowest BCUT2D eigenvalue weighted by Gasteiger charge is -2.19. The van der Waals surface area contributed by atoms with E-state index in [9.17, 15) is 13.8 Å². The molecule has 0 aromatic rings. The summed E-state index contributed by atoms with van der Waals surface area (Å²) >= 11 is 0. The van der Waals surface area contributed by atoms with Crippen LogP contribution in [0.1, 0.15) is 26.7 Å². The average Bonchev–Trinajstić information content (AvgIpc) is 2.80. The smallest absolute Gasteiger partial charge is 0.318 e. The Labute approximate surface area is 110 Å². The Balaban J connectivity index is 2.48. The number of esters is 1. The molecule has 0 amide bonds. The van der Waals surface area contributed by atoms with Crippen LogP contribution < -0.4 is 0 Å². The van der Waals surface area contributed by atoms with Gasteiger partial charge in [-0.15, -0.1) is 0 Å². The molecule has 18 heavy (non-hydrogen) atoms. The first-order chi connectivity index (χ1) is 8.37. The molecular weight excluding hydrogens is 256 g/mol. The molecule has 0 aromatic heterocycles. The van der Waals surface area contributed by atoms with Gasteiger partial charge < -0.3 is 9.47 Å². The summed E-state index contributed by atoms with van der Waals surface area (Å²) in [6, 6.07) is 0. The maximum absolute atomic E-state index is 11.9. The largest absolute Gasteiger partial charge is 0.468 e. The topological polar surface area (TPSA) is 69.7 Å². The van der Waals surface area contributed by atoms with Crippen molar-refractivity contribution < 1.29 is 23.3 Å². The van der Waals surface area contributed by atoms with E-state index >= 15 is 0 Å². The number of carbonyl (C=O) groups is 2. The van der Waals surface area contributed by atoms with Crippen LogP contribution in [-0.2, 0) is 29.9 Å². The van der Waals surface area contributed by atoms with Gasteiger partial charge in [0, 0.05) is 17.4 Å². The molecule has 0 spiro atoms. The van der Waals surface area contributed by atoms with E-state index in [1.54, 1.807) is 0 Å². The number of ether oxygens (including phenoxy) is 2. The fourth-order valence-corrected chi connectivity index (χ4v) is 3.19. The van der Waals surface area contributed by atoms with Crippen LogP contribution in [0.25, 0.3) is 0 Å². The van der Waals surface area contributed by atoms with Gasteiger partial charge in [-0.25, -0.2) is 0 Å². The van der Waals surface area contributed by atoms with Gasteiger partial charge in [0.05, 0.1) is 24.7 Å². The van der Waals surface area contributed by atoms with Crippen molar-refractivity contribution in [2.75, 3.05) is 25.2 Å². The molecule has 1 saturated heterocycles. The molecule has 1 fully saturated rings. The summed E-state index contributed by atoms with van der Waals surface area (Å²) < 4.78 is 21.8. The quantitative estimate of drug-likeness (QED) is 0.527. The van der Waals surface area contributed by atoms with E-state index in [0.29, 0.717) is 12.4 Å². The molecular formula is C12H20O5S. The average molecular weight is 276 g/mol. The molecule has 1 rings (SSSR count). The Kier molecular flexibility index (Phi) is 5.47. The maximum Gasteiger partial charge on any atom is 0.318 e. The minimum Gasteiger partial charge on any atom is -0.468 e. The monoisotopic (exact) mass is 276 g/mol. The maximum atomic E-state index is 11.9. The van der Waals surface area contributed by atoms with Crippen molar-refractivity contribution in [2.45, 2.75) is 32.8 Å². The Bertz CT molecular complexity index is 344. The highest BCUT2D eigenvalue weighted by atomic mass is 32.2. The number of hydrogen-bond donors (Lipinski definition) is 0. The third-order valence-corrected chi connectivity index (χ3v) is 4.41. The van der Waals surface area contributed by atoms with E-state index in [0.717, 1.165) is 12.8 Å². The first kappa shape index (κ1) is 15.3. The van der Waals surface area contributed by atoms with Crippen molar-refractivity contribution in [1.82, 2.24) is 0 Å². The first-order valence-electron chi connectivity index (χ1n) is 5.96. The van der Waals surface area contributed by atoms with Crippen LogP contribution >= 0.6 is 0 Å². The minimum absolute atomic E-state index is 0.0140. The highest BCUT2D eigenvalue weighted by Crippen LogP contribution is 2.20. The van der Waals surface area contributed by atoms with Gasteiger partial charge in [0.15, 0.2) is 5.78 Å². The van der Waals surface area contributed by atoms with E-state index in [2.05, 4.69) is 4.74 Å². The van der Waals surface area contributed by atoms with Crippen molar-refractivity contribution >= 4 is 22.6 Å². The molecule has 0 saturated carbocycles. The summed E-state index contributed by atoms with van der Waals surface area (Å²) in [6.45, 7) is 3.68. The highest BCUT2D eigenvalue weighted by molar-refractivity contribution is 7.85. The van der Waals surface area contributed by atoms with Crippen molar-refractivity contribution in [3.8, 4) is 0 Å². The zero-order valence-electron chi connectivity index (χ0n) is 11.1. The van der Waals surface area contributed by atoms with Crippen LogP contribution in [0.5, 0.6) is 0 Å². The number of methoxy groups -OCH3 is 1. The number of ketones is 1. The van der Waals surface area contributed by atoms with Gasteiger partial charge in [0.2, 0.25) is 0 Å². The van der Waals surface area contributed by atoms with Crippen molar-refractivity contribution in [3.05, 3.63) is 0 Å². The van der Waals surface area contributed by atoms with E-state index in [4.69, 9.17) is 4.74 Å². The van der Waals surface area contributed by atoms with Crippen molar-refractivity contribution in [3.63, 3.8) is 0 Å². The van der Waals surface area contributed by atoms with Gasteiger partial charge in [0.1, 0.15) is 5.41 Å². The van der Waals surface area contributed by atoms with Crippen LogP contribution in [0.4, 0.5) is 0 Å². The molecule has 0 bridgehead atoms. The van der Waals surface area contributed by atoms with Gasteiger partial charge in [-0.05, 0) is 26.7 Å². The number of carbonyl (C=O) groups excluding carboxylic acids is 2. The summed E-state index contributed by atoms with van der Waals surface area (Å²) in [6.07, 6.45) is 1.85. The van der Waals surface area contributed by atoms with Gasteiger partial charge in [-0.3, -0.25) is 13.8 Å². The molecule has 2 unspecified atom stereocenters. The minimum atomic E-state index is -1.29. The predicted octanol–water partition coefficient (Wildman–Crippen LogP) is 0.682. The van der Waals surface area contributed by atoms with Gasteiger partial charge in [0.25, 0.3) is 0 Å². The molecule has 5 nitrogen and oxygen atoms in total. The summed E-state index contributed by atoms with van der Waals surface area (Å²) in [7, 11) is -0.0505. The van der Waals surface area contributed by atoms with Gasteiger partial charge in [-0.1, -0.05) is 0 Å². The molecule has 1 aliphatic rings. The Morgan fingerprint density at radius 2 is 2.11 bits per heavy atom. The molecule has 0 aromatic carbocycles. The fourth-order valence-electron chi connectivity index (χ4n) is 1.74. The Morgan fingerprint density at radius 3 is 2.61 bits per heavy atom. The van der Waals surface area contributed by atoms with Crippen LogP contribution in [0, 0.1) is 5.41 Å². The molecule has 0 radical (unpaired) electrons. The van der Waals surface area contributed by atoms with Crippen LogP contribution in [-0.4, -0.2) is 47.3 Å². The third kappa shape index (κ3) is 3.88. The Morgan fingerprint density at radius 1 is 1.44 bits per heavy atom. The summed E-state index contributed by atoms with van der Waals surface area (Å²) in [4.78, 5) is 23.3. The van der Waals surface area contributed by atoms with Gasteiger partial charge >= 0.3 is 5.97 Å². The zero-order valence-corrected chi connectivity index (χ0v) is 11.9. The number of hydrogen-bond acceptors (Lipinski definition) is 5. The molecule has 0 aliphatic carbocycles. The molecule has 0 N–H and O–H groups in total. The van der Waals surface area contributed by atoms with E-state index in [1.807, 2.05) is 0 Å². The second kappa shape index (κ2) is 6.43. The molecule has 1 aliphatic heterocycles.